The molecule has 0 saturated carbocycles. The zero-order chi connectivity index (χ0) is 17.8. The van der Waals surface area contributed by atoms with E-state index in [0.717, 1.165) is 48.2 Å². The van der Waals surface area contributed by atoms with E-state index in [-0.39, 0.29) is 6.04 Å². The summed E-state index contributed by atoms with van der Waals surface area (Å²) in [4.78, 5) is 14.9. The molecule has 0 bridgehead atoms. The molecule has 3 aromatic rings. The van der Waals surface area contributed by atoms with Gasteiger partial charge in [-0.2, -0.15) is 0 Å². The first-order valence-electron chi connectivity index (χ1n) is 8.74. The number of nitrogens with zero attached hydrogens (tertiary/aromatic N) is 3. The van der Waals surface area contributed by atoms with E-state index < -0.39 is 0 Å². The number of rotatable bonds is 5. The number of morpholine rings is 1. The molecule has 0 amide bonds. The Morgan fingerprint density at radius 2 is 2.19 bits per heavy atom. The number of benzene rings is 1. The maximum atomic E-state index is 5.71. The monoisotopic (exact) mass is 350 g/mol. The fraction of sp³-hybridized carbons (Fsp3) is 0.300. The van der Waals surface area contributed by atoms with Gasteiger partial charge < -0.3 is 14.5 Å². The molecule has 0 spiro atoms. The quantitative estimate of drug-likeness (QED) is 0.766. The smallest absolute Gasteiger partial charge is 0.126 e. The predicted molar refractivity (Wildman–Crippen MR) is 98.8 cm³/mol. The van der Waals surface area contributed by atoms with Gasteiger partial charge in [-0.25, -0.2) is 4.98 Å². The van der Waals surface area contributed by atoms with Crippen LogP contribution in [0.25, 0.3) is 11.3 Å². The minimum Gasteiger partial charge on any atom is -0.497 e. The third-order valence-electron chi connectivity index (χ3n) is 4.62. The van der Waals surface area contributed by atoms with Crippen molar-refractivity contribution in [1.29, 1.82) is 0 Å². The van der Waals surface area contributed by atoms with Crippen molar-refractivity contribution >= 4 is 0 Å². The van der Waals surface area contributed by atoms with Crippen LogP contribution in [0.3, 0.4) is 0 Å². The van der Waals surface area contributed by atoms with Gasteiger partial charge in [-0.15, -0.1) is 0 Å². The van der Waals surface area contributed by atoms with Crippen molar-refractivity contribution in [2.24, 2.45) is 0 Å². The molecule has 1 fully saturated rings. The number of hydrogen-bond acceptors (Lipinski definition) is 5. The van der Waals surface area contributed by atoms with E-state index in [1.165, 1.54) is 0 Å². The van der Waals surface area contributed by atoms with Gasteiger partial charge in [0, 0.05) is 24.8 Å². The second-order valence-electron chi connectivity index (χ2n) is 6.30. The van der Waals surface area contributed by atoms with Gasteiger partial charge in [0.2, 0.25) is 0 Å². The third kappa shape index (κ3) is 3.61. The van der Waals surface area contributed by atoms with Gasteiger partial charge in [0.25, 0.3) is 0 Å². The van der Waals surface area contributed by atoms with Gasteiger partial charge in [0.15, 0.2) is 0 Å². The van der Waals surface area contributed by atoms with Crippen LogP contribution < -0.4 is 4.74 Å². The molecule has 0 aliphatic carbocycles. The maximum absolute atomic E-state index is 5.71. The van der Waals surface area contributed by atoms with Crippen LogP contribution in [-0.4, -0.2) is 46.7 Å². The Labute approximate surface area is 152 Å². The first kappa shape index (κ1) is 16.8. The summed E-state index contributed by atoms with van der Waals surface area (Å²) >= 11 is 0. The number of aromatic nitrogens is 3. The average Bonchev–Trinajstić information content (AvgIpc) is 3.19. The summed E-state index contributed by atoms with van der Waals surface area (Å²) in [6.45, 7) is 2.99. The summed E-state index contributed by atoms with van der Waals surface area (Å²) in [7, 11) is 1.67. The van der Waals surface area contributed by atoms with Crippen molar-refractivity contribution in [2.75, 3.05) is 26.9 Å². The number of imidazole rings is 1. The average molecular weight is 350 g/mol. The number of hydrogen-bond donors (Lipinski definition) is 1. The topological polar surface area (TPSA) is 63.3 Å². The molecular formula is C20H22N4O2. The van der Waals surface area contributed by atoms with E-state index in [2.05, 4.69) is 25.9 Å². The number of aromatic amines is 1. The molecule has 1 atom stereocenters. The molecule has 6 heteroatoms. The minimum absolute atomic E-state index is 0.0881. The lowest BCUT2D eigenvalue weighted by atomic mass is 10.1. The highest BCUT2D eigenvalue weighted by Gasteiger charge is 2.27. The Morgan fingerprint density at radius 1 is 1.23 bits per heavy atom. The lowest BCUT2D eigenvalue weighted by molar-refractivity contribution is -0.0161. The van der Waals surface area contributed by atoms with E-state index in [9.17, 15) is 0 Å². The summed E-state index contributed by atoms with van der Waals surface area (Å²) in [5.74, 6) is 1.75. The first-order valence-corrected chi connectivity index (χ1v) is 8.74. The standard InChI is InChI=1S/C20H22N4O2/c1-25-17-7-4-5-15(11-17)18-12-22-20(23-18)19-14-26-10-9-24(19)13-16-6-2-3-8-21-16/h2-8,11-12,19H,9-10,13-14H2,1H3,(H,22,23). The molecule has 134 valence electrons. The number of H-pyrrole nitrogens is 1. The van der Waals surface area contributed by atoms with Crippen LogP contribution in [0.5, 0.6) is 5.75 Å². The lowest BCUT2D eigenvalue weighted by Gasteiger charge is -2.34. The zero-order valence-electron chi connectivity index (χ0n) is 14.8. The second-order valence-corrected chi connectivity index (χ2v) is 6.30. The number of methoxy groups -OCH3 is 1. The molecule has 1 N–H and O–H groups in total. The van der Waals surface area contributed by atoms with Gasteiger partial charge >= 0.3 is 0 Å². The molecule has 2 aromatic heterocycles. The van der Waals surface area contributed by atoms with Gasteiger partial charge in [0.1, 0.15) is 11.6 Å². The Bertz CT molecular complexity index is 850. The predicted octanol–water partition coefficient (Wildman–Crippen LogP) is 3.05. The van der Waals surface area contributed by atoms with Crippen molar-refractivity contribution in [1.82, 2.24) is 19.9 Å². The van der Waals surface area contributed by atoms with Crippen molar-refractivity contribution in [3.05, 3.63) is 66.4 Å². The largest absolute Gasteiger partial charge is 0.497 e. The fourth-order valence-electron chi connectivity index (χ4n) is 3.22. The number of ether oxygens (including phenoxy) is 2. The van der Waals surface area contributed by atoms with E-state index in [0.29, 0.717) is 6.61 Å². The van der Waals surface area contributed by atoms with Crippen molar-refractivity contribution in [3.63, 3.8) is 0 Å². The summed E-state index contributed by atoms with van der Waals surface area (Å²) in [5.41, 5.74) is 3.08. The summed E-state index contributed by atoms with van der Waals surface area (Å²) in [6, 6.07) is 14.1. The van der Waals surface area contributed by atoms with Crippen molar-refractivity contribution < 1.29 is 9.47 Å². The Morgan fingerprint density at radius 3 is 3.04 bits per heavy atom. The van der Waals surface area contributed by atoms with Crippen LogP contribution >= 0.6 is 0 Å². The molecule has 0 radical (unpaired) electrons. The molecular weight excluding hydrogens is 328 g/mol. The highest BCUT2D eigenvalue weighted by Crippen LogP contribution is 2.27. The van der Waals surface area contributed by atoms with Crippen LogP contribution in [0.1, 0.15) is 17.6 Å². The van der Waals surface area contributed by atoms with Crippen LogP contribution in [-0.2, 0) is 11.3 Å². The highest BCUT2D eigenvalue weighted by atomic mass is 16.5. The normalized spacial score (nSPS) is 18.0. The SMILES string of the molecule is COc1cccc(-c2cnc(C3COCCN3Cc3ccccn3)[nH]2)c1. The summed E-state index contributed by atoms with van der Waals surface area (Å²) in [6.07, 6.45) is 3.70. The molecule has 1 aliphatic rings. The number of pyridine rings is 1. The van der Waals surface area contributed by atoms with Crippen LogP contribution in [0.2, 0.25) is 0 Å². The number of nitrogens with one attached hydrogen (secondary N) is 1. The van der Waals surface area contributed by atoms with Crippen molar-refractivity contribution in [2.45, 2.75) is 12.6 Å². The minimum atomic E-state index is 0.0881. The third-order valence-corrected chi connectivity index (χ3v) is 4.62. The van der Waals surface area contributed by atoms with E-state index in [4.69, 9.17) is 9.47 Å². The Hall–Kier alpha value is -2.70. The maximum Gasteiger partial charge on any atom is 0.126 e. The molecule has 26 heavy (non-hydrogen) atoms. The summed E-state index contributed by atoms with van der Waals surface area (Å²) < 4.78 is 11.0. The van der Waals surface area contributed by atoms with Crippen LogP contribution in [0.15, 0.2) is 54.9 Å². The molecule has 1 unspecified atom stereocenters. The summed E-state index contributed by atoms with van der Waals surface area (Å²) in [5, 5.41) is 0. The molecule has 3 heterocycles. The molecule has 4 rings (SSSR count). The Balaban J connectivity index is 1.56. The zero-order valence-corrected chi connectivity index (χ0v) is 14.8. The molecule has 1 aromatic carbocycles. The molecule has 6 nitrogen and oxygen atoms in total. The molecule has 1 aliphatic heterocycles. The van der Waals surface area contributed by atoms with Gasteiger partial charge in [-0.05, 0) is 24.3 Å². The van der Waals surface area contributed by atoms with Crippen LogP contribution in [0.4, 0.5) is 0 Å². The van der Waals surface area contributed by atoms with Gasteiger partial charge in [-0.1, -0.05) is 18.2 Å². The highest BCUT2D eigenvalue weighted by molar-refractivity contribution is 5.60. The Kier molecular flexibility index (Phi) is 4.95. The van der Waals surface area contributed by atoms with E-state index >= 15 is 0 Å². The first-order chi connectivity index (χ1) is 12.8. The van der Waals surface area contributed by atoms with E-state index in [1.807, 2.05) is 48.8 Å². The van der Waals surface area contributed by atoms with E-state index in [1.54, 1.807) is 7.11 Å². The van der Waals surface area contributed by atoms with Gasteiger partial charge in [0.05, 0.1) is 44.0 Å². The lowest BCUT2D eigenvalue weighted by Crippen LogP contribution is -2.39. The molecule has 1 saturated heterocycles. The van der Waals surface area contributed by atoms with Crippen molar-refractivity contribution in [3.8, 4) is 17.0 Å². The van der Waals surface area contributed by atoms with Gasteiger partial charge in [-0.3, -0.25) is 9.88 Å². The van der Waals surface area contributed by atoms with Crippen LogP contribution in [0, 0.1) is 0 Å². The fourth-order valence-corrected chi connectivity index (χ4v) is 3.22. The second kappa shape index (κ2) is 7.68.